The van der Waals surface area contributed by atoms with Crippen LogP contribution in [-0.2, 0) is 4.79 Å². The standard InChI is InChI=1S/C10H14N2O3/c11-7-4-2-1-3-6(7)9(13)5-8(12)10(14)15/h1-4,8-9,13H,5,11-12H2,(H,14,15)/t8-,9+/m0/s1. The van der Waals surface area contributed by atoms with E-state index in [2.05, 4.69) is 0 Å². The van der Waals surface area contributed by atoms with Crippen molar-refractivity contribution in [3.05, 3.63) is 29.8 Å². The fourth-order valence-corrected chi connectivity index (χ4v) is 1.28. The Hall–Kier alpha value is -1.59. The molecule has 0 aliphatic rings. The number of benzene rings is 1. The molecule has 15 heavy (non-hydrogen) atoms. The molecule has 0 aromatic heterocycles. The molecule has 0 spiro atoms. The number of hydrogen-bond acceptors (Lipinski definition) is 4. The number of nitrogens with two attached hydrogens (primary N) is 2. The molecule has 5 nitrogen and oxygen atoms in total. The van der Waals surface area contributed by atoms with Crippen LogP contribution in [0.4, 0.5) is 5.69 Å². The van der Waals surface area contributed by atoms with Gasteiger partial charge in [0, 0.05) is 17.7 Å². The van der Waals surface area contributed by atoms with Crippen molar-refractivity contribution in [2.75, 3.05) is 5.73 Å². The maximum Gasteiger partial charge on any atom is 0.320 e. The van der Waals surface area contributed by atoms with E-state index in [1.165, 1.54) is 0 Å². The number of para-hydroxylation sites is 1. The fraction of sp³-hybridized carbons (Fsp3) is 0.300. The molecular formula is C10H14N2O3. The molecule has 1 aromatic rings. The van der Waals surface area contributed by atoms with Crippen LogP contribution in [0.2, 0.25) is 0 Å². The SMILES string of the molecule is Nc1ccccc1[C@H](O)C[C@H](N)C(=O)O. The molecule has 0 aliphatic carbocycles. The van der Waals surface area contributed by atoms with E-state index >= 15 is 0 Å². The minimum Gasteiger partial charge on any atom is -0.480 e. The van der Waals surface area contributed by atoms with Crippen LogP contribution < -0.4 is 11.5 Å². The average Bonchev–Trinajstić information content (AvgIpc) is 2.18. The zero-order valence-electron chi connectivity index (χ0n) is 8.13. The first-order chi connectivity index (χ1) is 7.02. The third-order valence-corrected chi connectivity index (χ3v) is 2.15. The highest BCUT2D eigenvalue weighted by atomic mass is 16.4. The van der Waals surface area contributed by atoms with E-state index in [4.69, 9.17) is 16.6 Å². The smallest absolute Gasteiger partial charge is 0.320 e. The molecule has 6 N–H and O–H groups in total. The molecule has 0 unspecified atom stereocenters. The Labute approximate surface area is 87.3 Å². The van der Waals surface area contributed by atoms with Gasteiger partial charge in [-0.15, -0.1) is 0 Å². The number of nitrogen functional groups attached to an aromatic ring is 1. The minimum atomic E-state index is -1.14. The number of carboxylic acid groups (broad SMARTS) is 1. The zero-order valence-corrected chi connectivity index (χ0v) is 8.13. The summed E-state index contributed by atoms with van der Waals surface area (Å²) in [7, 11) is 0. The molecule has 0 fully saturated rings. The highest BCUT2D eigenvalue weighted by molar-refractivity contribution is 5.73. The van der Waals surface area contributed by atoms with Crippen LogP contribution in [-0.4, -0.2) is 22.2 Å². The van der Waals surface area contributed by atoms with Gasteiger partial charge in [0.2, 0.25) is 0 Å². The average molecular weight is 210 g/mol. The number of hydrogen-bond donors (Lipinski definition) is 4. The summed E-state index contributed by atoms with van der Waals surface area (Å²) in [5, 5.41) is 18.3. The second-order valence-electron chi connectivity index (χ2n) is 3.33. The second-order valence-corrected chi connectivity index (χ2v) is 3.33. The summed E-state index contributed by atoms with van der Waals surface area (Å²) in [5.41, 5.74) is 11.9. The topological polar surface area (TPSA) is 110 Å². The van der Waals surface area contributed by atoms with Crippen molar-refractivity contribution >= 4 is 11.7 Å². The van der Waals surface area contributed by atoms with E-state index in [1.807, 2.05) is 0 Å². The van der Waals surface area contributed by atoms with Crippen molar-refractivity contribution in [3.8, 4) is 0 Å². The number of carboxylic acids is 1. The van der Waals surface area contributed by atoms with Gasteiger partial charge in [0.1, 0.15) is 6.04 Å². The Kier molecular flexibility index (Phi) is 3.65. The third-order valence-electron chi connectivity index (χ3n) is 2.15. The van der Waals surface area contributed by atoms with Crippen LogP contribution in [0.5, 0.6) is 0 Å². The van der Waals surface area contributed by atoms with Crippen LogP contribution >= 0.6 is 0 Å². The first-order valence-electron chi connectivity index (χ1n) is 4.53. The van der Waals surface area contributed by atoms with E-state index in [1.54, 1.807) is 24.3 Å². The molecule has 82 valence electrons. The fourth-order valence-electron chi connectivity index (χ4n) is 1.28. The monoisotopic (exact) mass is 210 g/mol. The van der Waals surface area contributed by atoms with Gasteiger partial charge in [-0.3, -0.25) is 4.79 Å². The predicted octanol–water partition coefficient (Wildman–Crippen LogP) is 0.104. The lowest BCUT2D eigenvalue weighted by Gasteiger charge is -2.15. The molecule has 2 atom stereocenters. The molecule has 1 rings (SSSR count). The van der Waals surface area contributed by atoms with Gasteiger partial charge in [0.25, 0.3) is 0 Å². The molecule has 0 amide bonds. The minimum absolute atomic E-state index is 0.0520. The Morgan fingerprint density at radius 1 is 1.40 bits per heavy atom. The number of aliphatic hydroxyl groups is 1. The number of rotatable bonds is 4. The summed E-state index contributed by atoms with van der Waals surface area (Å²) in [6, 6.07) is 5.67. The van der Waals surface area contributed by atoms with Gasteiger partial charge >= 0.3 is 5.97 Å². The summed E-state index contributed by atoms with van der Waals surface area (Å²) < 4.78 is 0. The van der Waals surface area contributed by atoms with Crippen LogP contribution in [0, 0.1) is 0 Å². The largest absolute Gasteiger partial charge is 0.480 e. The number of aliphatic hydroxyl groups excluding tert-OH is 1. The van der Waals surface area contributed by atoms with Crippen molar-refractivity contribution in [2.24, 2.45) is 5.73 Å². The van der Waals surface area contributed by atoms with Gasteiger partial charge in [-0.1, -0.05) is 18.2 Å². The second kappa shape index (κ2) is 4.77. The van der Waals surface area contributed by atoms with E-state index < -0.39 is 18.1 Å². The van der Waals surface area contributed by atoms with Gasteiger partial charge in [-0.2, -0.15) is 0 Å². The summed E-state index contributed by atoms with van der Waals surface area (Å²) >= 11 is 0. The Morgan fingerprint density at radius 2 is 2.00 bits per heavy atom. The van der Waals surface area contributed by atoms with Crippen molar-refractivity contribution in [1.82, 2.24) is 0 Å². The molecule has 0 heterocycles. The number of anilines is 1. The van der Waals surface area contributed by atoms with E-state index in [-0.39, 0.29) is 6.42 Å². The number of carbonyl (C=O) groups is 1. The molecular weight excluding hydrogens is 196 g/mol. The van der Waals surface area contributed by atoms with Gasteiger partial charge in [-0.25, -0.2) is 0 Å². The van der Waals surface area contributed by atoms with E-state index in [0.717, 1.165) is 0 Å². The first-order valence-corrected chi connectivity index (χ1v) is 4.53. The summed E-state index contributed by atoms with van der Waals surface area (Å²) in [6.07, 6.45) is -0.999. The lowest BCUT2D eigenvalue weighted by molar-refractivity contribution is -0.139. The predicted molar refractivity (Wildman–Crippen MR) is 56.0 cm³/mol. The molecule has 0 saturated heterocycles. The van der Waals surface area contributed by atoms with Crippen LogP contribution in [0.3, 0.4) is 0 Å². The Morgan fingerprint density at radius 3 is 2.53 bits per heavy atom. The highest BCUT2D eigenvalue weighted by Crippen LogP contribution is 2.23. The molecule has 0 bridgehead atoms. The summed E-state index contributed by atoms with van der Waals surface area (Å²) in [4.78, 5) is 10.5. The summed E-state index contributed by atoms with van der Waals surface area (Å²) in [6.45, 7) is 0. The summed E-state index contributed by atoms with van der Waals surface area (Å²) in [5.74, 6) is -1.14. The van der Waals surface area contributed by atoms with Crippen LogP contribution in [0.15, 0.2) is 24.3 Å². The normalized spacial score (nSPS) is 14.5. The molecule has 0 radical (unpaired) electrons. The number of aliphatic carboxylic acids is 1. The van der Waals surface area contributed by atoms with E-state index in [9.17, 15) is 9.90 Å². The maximum atomic E-state index is 10.5. The first kappa shape index (κ1) is 11.5. The van der Waals surface area contributed by atoms with Crippen molar-refractivity contribution in [2.45, 2.75) is 18.6 Å². The third kappa shape index (κ3) is 2.93. The van der Waals surface area contributed by atoms with Crippen molar-refractivity contribution < 1.29 is 15.0 Å². The Balaban J connectivity index is 2.73. The molecule has 0 aliphatic heterocycles. The van der Waals surface area contributed by atoms with Gasteiger partial charge < -0.3 is 21.7 Å². The van der Waals surface area contributed by atoms with Gasteiger partial charge in [0.05, 0.1) is 6.10 Å². The highest BCUT2D eigenvalue weighted by Gasteiger charge is 2.19. The molecule has 5 heteroatoms. The van der Waals surface area contributed by atoms with Crippen LogP contribution in [0.1, 0.15) is 18.1 Å². The van der Waals surface area contributed by atoms with Gasteiger partial charge in [-0.05, 0) is 6.07 Å². The lowest BCUT2D eigenvalue weighted by atomic mass is 10.0. The Bertz CT molecular complexity index is 354. The maximum absolute atomic E-state index is 10.5. The zero-order chi connectivity index (χ0) is 11.4. The van der Waals surface area contributed by atoms with E-state index in [0.29, 0.717) is 11.3 Å². The van der Waals surface area contributed by atoms with Crippen molar-refractivity contribution in [3.63, 3.8) is 0 Å². The quantitative estimate of drug-likeness (QED) is 0.527. The molecule has 0 saturated carbocycles. The van der Waals surface area contributed by atoms with Crippen LogP contribution in [0.25, 0.3) is 0 Å². The van der Waals surface area contributed by atoms with Crippen molar-refractivity contribution in [1.29, 1.82) is 0 Å². The van der Waals surface area contributed by atoms with Gasteiger partial charge in [0.15, 0.2) is 0 Å². The lowest BCUT2D eigenvalue weighted by Crippen LogP contribution is -2.31. The molecule has 1 aromatic carbocycles.